The van der Waals surface area contributed by atoms with Gasteiger partial charge in [0.05, 0.1) is 34.6 Å². The first-order valence-electron chi connectivity index (χ1n) is 20.9. The Morgan fingerprint density at radius 1 is 0.889 bits per heavy atom. The van der Waals surface area contributed by atoms with Gasteiger partial charge in [-0.25, -0.2) is 0 Å². The van der Waals surface area contributed by atoms with E-state index in [0.717, 1.165) is 61.9 Å². The fraction of sp³-hybridized carbons (Fsp3) is 0.292. The zero-order valence-corrected chi connectivity index (χ0v) is 35.2. The number of hydrogen-bond donors (Lipinski definition) is 3. The quantitative estimate of drug-likeness (QED) is 0.0609. The lowest BCUT2D eigenvalue weighted by Crippen LogP contribution is -2.51. The average Bonchev–Trinajstić information content (AvgIpc) is 3.86. The number of primary amides is 1. The van der Waals surface area contributed by atoms with Gasteiger partial charge in [-0.1, -0.05) is 48.1 Å². The van der Waals surface area contributed by atoms with Crippen LogP contribution in [0.25, 0.3) is 32.9 Å². The number of piperidine rings is 1. The predicted molar refractivity (Wildman–Crippen MR) is 235 cm³/mol. The second kappa shape index (κ2) is 18.5. The lowest BCUT2D eigenvalue weighted by atomic mass is 9.97. The van der Waals surface area contributed by atoms with Gasteiger partial charge in [-0.3, -0.25) is 28.9 Å². The maximum Gasteiger partial charge on any atom is 0.264 e. The molecule has 2 aliphatic rings. The van der Waals surface area contributed by atoms with Crippen molar-refractivity contribution >= 4 is 57.0 Å². The number of ether oxygens (including phenoxy) is 3. The third kappa shape index (κ3) is 8.83. The Kier molecular flexibility index (Phi) is 12.5. The molecular weight excluding hydrogens is 805 g/mol. The van der Waals surface area contributed by atoms with Crippen molar-refractivity contribution in [2.24, 2.45) is 5.73 Å². The van der Waals surface area contributed by atoms with Crippen LogP contribution in [0.2, 0.25) is 0 Å². The Hall–Kier alpha value is -7.10. The summed E-state index contributed by atoms with van der Waals surface area (Å²) in [7, 11) is 0. The van der Waals surface area contributed by atoms with Crippen molar-refractivity contribution in [3.05, 3.63) is 125 Å². The zero-order valence-electron chi connectivity index (χ0n) is 35.2. The molecule has 0 bridgehead atoms. The summed E-state index contributed by atoms with van der Waals surface area (Å²) in [5.74, 6) is -1.36. The van der Waals surface area contributed by atoms with Crippen LogP contribution in [0.3, 0.4) is 0 Å². The molecule has 5 amide bonds. The molecule has 0 spiro atoms. The lowest BCUT2D eigenvalue weighted by molar-refractivity contribution is -0.125. The van der Waals surface area contributed by atoms with Crippen LogP contribution in [0.5, 0.6) is 5.75 Å². The molecule has 15 heteroatoms. The van der Waals surface area contributed by atoms with E-state index in [2.05, 4.69) is 45.1 Å². The van der Waals surface area contributed by atoms with Gasteiger partial charge in [0.15, 0.2) is 0 Å². The molecule has 63 heavy (non-hydrogen) atoms. The fourth-order valence-electron chi connectivity index (χ4n) is 8.37. The number of anilines is 1. The number of carbonyl (C=O) groups excluding carboxylic acids is 5. The zero-order chi connectivity index (χ0) is 44.2. The van der Waals surface area contributed by atoms with Gasteiger partial charge in [0, 0.05) is 59.5 Å². The summed E-state index contributed by atoms with van der Waals surface area (Å²) in [6.07, 6.45) is 2.80. The highest BCUT2D eigenvalue weighted by Crippen LogP contribution is 2.39. The average molecular weight is 853 g/mol. The summed E-state index contributed by atoms with van der Waals surface area (Å²) in [5.41, 5.74) is 12.6. The topological polar surface area (TPSA) is 197 Å². The van der Waals surface area contributed by atoms with E-state index in [0.29, 0.717) is 62.0 Å². The molecule has 2 aliphatic heterocycles. The second-order valence-corrected chi connectivity index (χ2v) is 15.7. The molecule has 6 aromatic rings. The van der Waals surface area contributed by atoms with Crippen LogP contribution in [0.1, 0.15) is 80.2 Å². The van der Waals surface area contributed by atoms with Crippen molar-refractivity contribution in [3.63, 3.8) is 0 Å². The summed E-state index contributed by atoms with van der Waals surface area (Å²) in [6.45, 7) is 9.49. The van der Waals surface area contributed by atoms with Crippen LogP contribution in [0.4, 0.5) is 5.69 Å². The third-order valence-electron chi connectivity index (χ3n) is 11.3. The molecule has 1 saturated heterocycles. The Morgan fingerprint density at radius 2 is 1.67 bits per heavy atom. The van der Waals surface area contributed by atoms with Crippen LogP contribution in [0.15, 0.2) is 95.7 Å². The number of allylic oxidation sites excluding steroid dienone is 1. The van der Waals surface area contributed by atoms with Gasteiger partial charge >= 0.3 is 0 Å². The summed E-state index contributed by atoms with van der Waals surface area (Å²) >= 11 is 0. The normalized spacial score (nSPS) is 15.0. The first-order chi connectivity index (χ1) is 30.5. The fourth-order valence-corrected chi connectivity index (χ4v) is 8.37. The number of hydrogen-bond acceptors (Lipinski definition) is 10. The van der Waals surface area contributed by atoms with Crippen molar-refractivity contribution < 1.29 is 42.7 Å². The molecular formula is C48H48N6O9. The van der Waals surface area contributed by atoms with Crippen molar-refractivity contribution in [2.75, 3.05) is 38.4 Å². The number of imide groups is 1. The molecule has 8 rings (SSSR count). The van der Waals surface area contributed by atoms with Crippen LogP contribution < -0.4 is 21.1 Å². The number of aryl methyl sites for hydroxylation is 2. The van der Waals surface area contributed by atoms with Crippen LogP contribution in [0, 0.1) is 13.8 Å². The maximum absolute atomic E-state index is 13.3. The van der Waals surface area contributed by atoms with E-state index < -0.39 is 35.6 Å². The molecule has 2 aromatic heterocycles. The molecule has 4 N–H and O–H groups in total. The monoisotopic (exact) mass is 852 g/mol. The number of unbranched alkanes of at least 4 members (excludes halogenated alkanes) is 1. The first-order valence-corrected chi connectivity index (χ1v) is 20.9. The highest BCUT2D eigenvalue weighted by atomic mass is 16.5. The van der Waals surface area contributed by atoms with Crippen LogP contribution in [-0.2, 0) is 25.6 Å². The van der Waals surface area contributed by atoms with E-state index >= 15 is 0 Å². The minimum atomic E-state index is -0.949. The number of aromatic nitrogens is 2. The smallest absolute Gasteiger partial charge is 0.264 e. The van der Waals surface area contributed by atoms with Crippen molar-refractivity contribution in [2.45, 2.75) is 58.5 Å². The van der Waals surface area contributed by atoms with Crippen molar-refractivity contribution in [1.29, 1.82) is 0 Å². The molecule has 4 heterocycles. The summed E-state index contributed by atoms with van der Waals surface area (Å²) in [4.78, 5) is 65.8. The molecule has 0 aliphatic carbocycles. The van der Waals surface area contributed by atoms with Gasteiger partial charge < -0.3 is 39.7 Å². The van der Waals surface area contributed by atoms with Gasteiger partial charge in [0.1, 0.15) is 24.2 Å². The highest BCUT2D eigenvalue weighted by Gasteiger charge is 2.45. The maximum atomic E-state index is 13.3. The minimum Gasteiger partial charge on any atom is -0.494 e. The SMILES string of the molecule is C=C1CCC(N2C(=O)c3cccc(NC(=O)COCCCOCCCCOc4ccc5c(c4)c4c(C(N)=O)cc(-c6c(C)noc6C)cc4n5Cc4ccccc4)c3C2=O)C(=O)N1. The standard InChI is InChI=1S/C48H48N6O9/c1-28-15-17-39(46(57)50-28)54-47(58)34-13-9-14-37(44(34)48(54)59)51-41(55)27-61-21-10-20-60-19-7-8-22-62-33-16-18-38-35(25-33)43-36(45(49)56)23-32(42-29(2)52-63-30(42)3)24-40(43)53(38)26-31-11-5-4-6-12-31/h4-6,9,11-14,16,18,23-25,39H,1,7-8,10,15,17,19-22,26-27H2,2-3H3,(H2,49,56)(H,50,57)(H,51,55). The summed E-state index contributed by atoms with van der Waals surface area (Å²) in [6, 6.07) is 23.6. The number of nitrogens with zero attached hydrogens (tertiary/aromatic N) is 3. The summed E-state index contributed by atoms with van der Waals surface area (Å²) < 4.78 is 25.2. The molecule has 4 aromatic carbocycles. The number of rotatable bonds is 18. The van der Waals surface area contributed by atoms with E-state index in [1.165, 1.54) is 12.1 Å². The molecule has 1 atom stereocenters. The second-order valence-electron chi connectivity index (χ2n) is 15.7. The molecule has 1 fully saturated rings. The van der Waals surface area contributed by atoms with Gasteiger partial charge in [-0.05, 0) is 99.5 Å². The van der Waals surface area contributed by atoms with E-state index in [1.807, 2.05) is 56.3 Å². The number of nitrogens with one attached hydrogen (secondary N) is 2. The van der Waals surface area contributed by atoms with E-state index in [1.54, 1.807) is 6.07 Å². The molecule has 15 nitrogen and oxygen atoms in total. The summed E-state index contributed by atoms with van der Waals surface area (Å²) in [5, 5.41) is 11.0. The Bertz CT molecular complexity index is 2750. The highest BCUT2D eigenvalue weighted by molar-refractivity contribution is 6.26. The number of benzene rings is 4. The first kappa shape index (κ1) is 42.6. The Labute approximate surface area is 363 Å². The van der Waals surface area contributed by atoms with E-state index in [9.17, 15) is 24.0 Å². The molecule has 0 saturated carbocycles. The third-order valence-corrected chi connectivity index (χ3v) is 11.3. The van der Waals surface area contributed by atoms with Gasteiger partial charge in [0.25, 0.3) is 11.8 Å². The Morgan fingerprint density at radius 3 is 2.43 bits per heavy atom. The largest absolute Gasteiger partial charge is 0.494 e. The molecule has 0 radical (unpaired) electrons. The predicted octanol–water partition coefficient (Wildman–Crippen LogP) is 6.82. The van der Waals surface area contributed by atoms with Crippen LogP contribution >= 0.6 is 0 Å². The minimum absolute atomic E-state index is 0.0543. The van der Waals surface area contributed by atoms with Crippen molar-refractivity contribution in [3.8, 4) is 16.9 Å². The number of carbonyl (C=O) groups is 5. The molecule has 324 valence electrons. The number of amides is 5. The van der Waals surface area contributed by atoms with Gasteiger partial charge in [-0.15, -0.1) is 0 Å². The number of fused-ring (bicyclic) bond motifs is 4. The van der Waals surface area contributed by atoms with E-state index in [4.69, 9.17) is 24.5 Å². The van der Waals surface area contributed by atoms with E-state index in [-0.39, 0.29) is 36.4 Å². The van der Waals surface area contributed by atoms with Gasteiger partial charge in [-0.2, -0.15) is 0 Å². The number of nitrogens with two attached hydrogens (primary N) is 1. The molecule has 1 unspecified atom stereocenters. The van der Waals surface area contributed by atoms with Crippen molar-refractivity contribution in [1.82, 2.24) is 19.9 Å². The lowest BCUT2D eigenvalue weighted by Gasteiger charge is -2.29. The van der Waals surface area contributed by atoms with Gasteiger partial charge in [0.2, 0.25) is 17.7 Å². The van der Waals surface area contributed by atoms with Crippen LogP contribution in [-0.4, -0.2) is 83.2 Å². The Balaban J connectivity index is 0.803.